The second-order valence-electron chi connectivity index (χ2n) is 3.79. The number of nitrogen functional groups attached to an aromatic ring is 1. The predicted molar refractivity (Wildman–Crippen MR) is 69.8 cm³/mol. The number of fused-ring (bicyclic) bond motifs is 1. The van der Waals surface area contributed by atoms with Crippen LogP contribution in [-0.4, -0.2) is 15.0 Å². The van der Waals surface area contributed by atoms with E-state index in [2.05, 4.69) is 27.9 Å². The van der Waals surface area contributed by atoms with Crippen LogP contribution in [-0.2, 0) is 0 Å². The standard InChI is InChI=1S/C12H10N4S/c1-7-2-3-14-6-9(7)8-4-10-11(15-5-8)16-12(13)17-10/h2-6H,1H3,(H2,13,15,16). The molecular weight excluding hydrogens is 232 g/mol. The molecule has 3 rings (SSSR count). The van der Waals surface area contributed by atoms with Crippen molar-refractivity contribution >= 4 is 26.8 Å². The highest BCUT2D eigenvalue weighted by molar-refractivity contribution is 7.22. The third kappa shape index (κ3) is 1.74. The predicted octanol–water partition coefficient (Wildman–Crippen LogP) is 2.64. The molecule has 0 aliphatic heterocycles. The summed E-state index contributed by atoms with van der Waals surface area (Å²) in [4.78, 5) is 12.6. The van der Waals surface area contributed by atoms with Crippen molar-refractivity contribution in [3.63, 3.8) is 0 Å². The molecule has 0 radical (unpaired) electrons. The Morgan fingerprint density at radius 3 is 3.00 bits per heavy atom. The number of anilines is 1. The van der Waals surface area contributed by atoms with Crippen LogP contribution >= 0.6 is 11.3 Å². The number of rotatable bonds is 1. The van der Waals surface area contributed by atoms with E-state index >= 15 is 0 Å². The van der Waals surface area contributed by atoms with E-state index in [0.717, 1.165) is 15.8 Å². The Labute approximate surface area is 102 Å². The summed E-state index contributed by atoms with van der Waals surface area (Å²) in [5.41, 5.74) is 9.69. The van der Waals surface area contributed by atoms with Crippen molar-refractivity contribution in [3.05, 3.63) is 36.3 Å². The summed E-state index contributed by atoms with van der Waals surface area (Å²) in [6.45, 7) is 2.06. The minimum Gasteiger partial charge on any atom is -0.375 e. The van der Waals surface area contributed by atoms with Crippen molar-refractivity contribution in [1.29, 1.82) is 0 Å². The zero-order chi connectivity index (χ0) is 11.8. The van der Waals surface area contributed by atoms with Crippen LogP contribution in [0.3, 0.4) is 0 Å². The lowest BCUT2D eigenvalue weighted by atomic mass is 10.1. The summed E-state index contributed by atoms with van der Waals surface area (Å²) in [6, 6.07) is 4.04. The number of hydrogen-bond donors (Lipinski definition) is 1. The lowest BCUT2D eigenvalue weighted by molar-refractivity contribution is 1.27. The van der Waals surface area contributed by atoms with Gasteiger partial charge in [-0.15, -0.1) is 0 Å². The van der Waals surface area contributed by atoms with Crippen LogP contribution in [0.4, 0.5) is 5.13 Å². The average Bonchev–Trinajstić information content (AvgIpc) is 2.68. The highest BCUT2D eigenvalue weighted by atomic mass is 32.1. The SMILES string of the molecule is Cc1ccncc1-c1cnc2nc(N)sc2c1. The molecule has 17 heavy (non-hydrogen) atoms. The van der Waals surface area contributed by atoms with E-state index in [1.54, 1.807) is 6.20 Å². The smallest absolute Gasteiger partial charge is 0.182 e. The highest BCUT2D eigenvalue weighted by Crippen LogP contribution is 2.28. The summed E-state index contributed by atoms with van der Waals surface area (Å²) in [5, 5.41) is 0.549. The van der Waals surface area contributed by atoms with Crippen LogP contribution in [0, 0.1) is 6.92 Å². The number of thiazole rings is 1. The maximum absolute atomic E-state index is 5.66. The summed E-state index contributed by atoms with van der Waals surface area (Å²) in [7, 11) is 0. The molecule has 3 heterocycles. The zero-order valence-corrected chi connectivity index (χ0v) is 10.0. The Morgan fingerprint density at radius 1 is 1.29 bits per heavy atom. The first-order valence-corrected chi connectivity index (χ1v) is 5.99. The maximum atomic E-state index is 5.66. The first-order valence-electron chi connectivity index (χ1n) is 5.17. The number of nitrogens with zero attached hydrogens (tertiary/aromatic N) is 3. The zero-order valence-electron chi connectivity index (χ0n) is 9.21. The lowest BCUT2D eigenvalue weighted by Crippen LogP contribution is -1.86. The number of hydrogen-bond acceptors (Lipinski definition) is 5. The molecule has 0 unspecified atom stereocenters. The van der Waals surface area contributed by atoms with Gasteiger partial charge in [-0.3, -0.25) is 4.98 Å². The molecule has 0 aromatic carbocycles. The highest BCUT2D eigenvalue weighted by Gasteiger charge is 2.06. The van der Waals surface area contributed by atoms with Gasteiger partial charge < -0.3 is 5.73 Å². The molecule has 5 heteroatoms. The van der Waals surface area contributed by atoms with E-state index in [9.17, 15) is 0 Å². The van der Waals surface area contributed by atoms with Gasteiger partial charge in [0.2, 0.25) is 0 Å². The van der Waals surface area contributed by atoms with Crippen molar-refractivity contribution in [2.24, 2.45) is 0 Å². The fraction of sp³-hybridized carbons (Fsp3) is 0.0833. The van der Waals surface area contributed by atoms with E-state index in [-0.39, 0.29) is 0 Å². The molecular formula is C12H10N4S. The van der Waals surface area contributed by atoms with E-state index in [4.69, 9.17) is 5.73 Å². The van der Waals surface area contributed by atoms with Crippen LogP contribution in [0.2, 0.25) is 0 Å². The monoisotopic (exact) mass is 242 g/mol. The fourth-order valence-corrected chi connectivity index (χ4v) is 2.48. The minimum atomic E-state index is 0.549. The molecule has 0 saturated carbocycles. The van der Waals surface area contributed by atoms with E-state index in [1.165, 1.54) is 16.9 Å². The Morgan fingerprint density at radius 2 is 2.18 bits per heavy atom. The van der Waals surface area contributed by atoms with Gasteiger partial charge in [-0.25, -0.2) is 9.97 Å². The van der Waals surface area contributed by atoms with Crippen LogP contribution < -0.4 is 5.73 Å². The second kappa shape index (κ2) is 3.78. The van der Waals surface area contributed by atoms with E-state index in [0.29, 0.717) is 10.8 Å². The third-order valence-electron chi connectivity index (χ3n) is 2.61. The molecule has 3 aromatic heterocycles. The molecule has 0 fully saturated rings. The Balaban J connectivity index is 2.21. The normalized spacial score (nSPS) is 10.9. The van der Waals surface area contributed by atoms with Gasteiger partial charge in [0.25, 0.3) is 0 Å². The van der Waals surface area contributed by atoms with Gasteiger partial charge in [-0.1, -0.05) is 11.3 Å². The summed E-state index contributed by atoms with van der Waals surface area (Å²) in [5.74, 6) is 0. The molecule has 2 N–H and O–H groups in total. The molecule has 0 aliphatic rings. The van der Waals surface area contributed by atoms with Gasteiger partial charge in [-0.2, -0.15) is 0 Å². The minimum absolute atomic E-state index is 0.549. The van der Waals surface area contributed by atoms with Gasteiger partial charge in [0.1, 0.15) is 0 Å². The number of aromatic nitrogens is 3. The van der Waals surface area contributed by atoms with Crippen molar-refractivity contribution in [2.45, 2.75) is 6.92 Å². The Hall–Kier alpha value is -2.01. The average molecular weight is 242 g/mol. The molecule has 0 spiro atoms. The van der Waals surface area contributed by atoms with E-state index in [1.807, 2.05) is 18.5 Å². The molecule has 0 aliphatic carbocycles. The van der Waals surface area contributed by atoms with Crippen molar-refractivity contribution < 1.29 is 0 Å². The summed E-state index contributed by atoms with van der Waals surface area (Å²) in [6.07, 6.45) is 5.45. The quantitative estimate of drug-likeness (QED) is 0.712. The van der Waals surface area contributed by atoms with Crippen molar-refractivity contribution in [1.82, 2.24) is 15.0 Å². The largest absolute Gasteiger partial charge is 0.375 e. The lowest BCUT2D eigenvalue weighted by Gasteiger charge is -2.03. The topological polar surface area (TPSA) is 64.7 Å². The van der Waals surface area contributed by atoms with Gasteiger partial charge in [-0.05, 0) is 24.6 Å². The number of nitrogens with two attached hydrogens (primary N) is 1. The molecule has 0 atom stereocenters. The second-order valence-corrected chi connectivity index (χ2v) is 4.85. The number of aryl methyl sites for hydroxylation is 1. The fourth-order valence-electron chi connectivity index (χ4n) is 1.75. The first-order chi connectivity index (χ1) is 8.24. The van der Waals surface area contributed by atoms with Crippen molar-refractivity contribution in [2.75, 3.05) is 5.73 Å². The molecule has 0 amide bonds. The summed E-state index contributed by atoms with van der Waals surface area (Å²) >= 11 is 1.45. The van der Waals surface area contributed by atoms with Crippen LogP contribution in [0.5, 0.6) is 0 Å². The molecule has 0 bridgehead atoms. The molecule has 3 aromatic rings. The van der Waals surface area contributed by atoms with Gasteiger partial charge in [0, 0.05) is 29.7 Å². The van der Waals surface area contributed by atoms with Gasteiger partial charge in [0.05, 0.1) is 4.70 Å². The Kier molecular flexibility index (Phi) is 2.26. The van der Waals surface area contributed by atoms with E-state index < -0.39 is 0 Å². The maximum Gasteiger partial charge on any atom is 0.182 e. The third-order valence-corrected chi connectivity index (χ3v) is 3.43. The molecule has 0 saturated heterocycles. The van der Waals surface area contributed by atoms with Crippen LogP contribution in [0.1, 0.15) is 5.56 Å². The summed E-state index contributed by atoms with van der Waals surface area (Å²) < 4.78 is 1.00. The molecule has 4 nitrogen and oxygen atoms in total. The Bertz CT molecular complexity index is 690. The van der Waals surface area contributed by atoms with Crippen LogP contribution in [0.15, 0.2) is 30.7 Å². The number of pyridine rings is 2. The van der Waals surface area contributed by atoms with Crippen molar-refractivity contribution in [3.8, 4) is 11.1 Å². The molecule has 84 valence electrons. The van der Waals surface area contributed by atoms with Gasteiger partial charge >= 0.3 is 0 Å². The van der Waals surface area contributed by atoms with Crippen LogP contribution in [0.25, 0.3) is 21.5 Å². The first kappa shape index (κ1) is 10.2. The van der Waals surface area contributed by atoms with Gasteiger partial charge in [0.15, 0.2) is 10.8 Å².